The van der Waals surface area contributed by atoms with Crippen LogP contribution in [-0.2, 0) is 12.0 Å². The van der Waals surface area contributed by atoms with Gasteiger partial charge in [-0.3, -0.25) is 4.99 Å². The molecule has 0 heterocycles. The molecular formula is C21H29N3O2. The van der Waals surface area contributed by atoms with E-state index in [1.807, 2.05) is 24.3 Å². The lowest BCUT2D eigenvalue weighted by Gasteiger charge is -2.27. The molecule has 0 amide bonds. The van der Waals surface area contributed by atoms with E-state index in [1.54, 1.807) is 21.3 Å². The SMILES string of the molecule is CN=C(NCc1cccc(OC)c1OC)NCC(C)(C)c1ccccc1. The summed E-state index contributed by atoms with van der Waals surface area (Å²) in [6.45, 7) is 5.79. The number of ether oxygens (including phenoxy) is 2. The quantitative estimate of drug-likeness (QED) is 0.591. The third-order valence-electron chi connectivity index (χ3n) is 4.41. The smallest absolute Gasteiger partial charge is 0.191 e. The minimum Gasteiger partial charge on any atom is -0.493 e. The number of para-hydroxylation sites is 1. The third-order valence-corrected chi connectivity index (χ3v) is 4.41. The number of methoxy groups -OCH3 is 2. The Labute approximate surface area is 156 Å². The van der Waals surface area contributed by atoms with Crippen LogP contribution in [0.3, 0.4) is 0 Å². The normalized spacial score (nSPS) is 11.8. The number of rotatable bonds is 7. The molecule has 0 aromatic heterocycles. The molecule has 0 unspecified atom stereocenters. The van der Waals surface area contributed by atoms with Gasteiger partial charge in [0, 0.05) is 31.1 Å². The molecule has 5 nitrogen and oxygen atoms in total. The highest BCUT2D eigenvalue weighted by molar-refractivity contribution is 5.79. The van der Waals surface area contributed by atoms with Crippen molar-refractivity contribution in [2.45, 2.75) is 25.8 Å². The first-order chi connectivity index (χ1) is 12.5. The maximum Gasteiger partial charge on any atom is 0.191 e. The van der Waals surface area contributed by atoms with E-state index >= 15 is 0 Å². The van der Waals surface area contributed by atoms with Crippen LogP contribution in [0.1, 0.15) is 25.0 Å². The fourth-order valence-electron chi connectivity index (χ4n) is 2.79. The predicted molar refractivity (Wildman–Crippen MR) is 107 cm³/mol. The second-order valence-corrected chi connectivity index (χ2v) is 6.68. The van der Waals surface area contributed by atoms with Gasteiger partial charge in [-0.15, -0.1) is 0 Å². The average Bonchev–Trinajstić information content (AvgIpc) is 2.68. The molecule has 26 heavy (non-hydrogen) atoms. The minimum atomic E-state index is -0.00740. The lowest BCUT2D eigenvalue weighted by Crippen LogP contribution is -2.43. The van der Waals surface area contributed by atoms with Gasteiger partial charge in [-0.2, -0.15) is 0 Å². The van der Waals surface area contributed by atoms with Gasteiger partial charge in [0.2, 0.25) is 0 Å². The van der Waals surface area contributed by atoms with Crippen molar-refractivity contribution in [3.63, 3.8) is 0 Å². The molecule has 0 aliphatic carbocycles. The van der Waals surface area contributed by atoms with Gasteiger partial charge in [0.1, 0.15) is 0 Å². The molecule has 0 radical (unpaired) electrons. The zero-order chi connectivity index (χ0) is 19.0. The second kappa shape index (κ2) is 9.13. The monoisotopic (exact) mass is 355 g/mol. The van der Waals surface area contributed by atoms with E-state index in [1.165, 1.54) is 5.56 Å². The Bertz CT molecular complexity index is 727. The molecule has 0 fully saturated rings. The maximum atomic E-state index is 5.48. The third kappa shape index (κ3) is 4.91. The van der Waals surface area contributed by atoms with E-state index in [9.17, 15) is 0 Å². The van der Waals surface area contributed by atoms with Crippen LogP contribution in [0.4, 0.5) is 0 Å². The summed E-state index contributed by atoms with van der Waals surface area (Å²) in [4.78, 5) is 4.32. The molecule has 0 spiro atoms. The Morgan fingerprint density at radius 1 is 0.962 bits per heavy atom. The lowest BCUT2D eigenvalue weighted by atomic mass is 9.85. The van der Waals surface area contributed by atoms with Gasteiger partial charge in [-0.25, -0.2) is 0 Å². The Balaban J connectivity index is 1.99. The predicted octanol–water partition coefficient (Wildman–Crippen LogP) is 3.35. The summed E-state index contributed by atoms with van der Waals surface area (Å²) in [7, 11) is 5.06. The Morgan fingerprint density at radius 3 is 2.31 bits per heavy atom. The van der Waals surface area contributed by atoms with Gasteiger partial charge < -0.3 is 20.1 Å². The van der Waals surface area contributed by atoms with Gasteiger partial charge in [0.25, 0.3) is 0 Å². The number of nitrogens with zero attached hydrogens (tertiary/aromatic N) is 1. The van der Waals surface area contributed by atoms with Crippen LogP contribution in [0.15, 0.2) is 53.5 Å². The van der Waals surface area contributed by atoms with Crippen molar-refractivity contribution in [2.75, 3.05) is 27.8 Å². The zero-order valence-electron chi connectivity index (χ0n) is 16.3. The number of hydrogen-bond acceptors (Lipinski definition) is 3. The molecule has 5 heteroatoms. The second-order valence-electron chi connectivity index (χ2n) is 6.68. The van der Waals surface area contributed by atoms with Crippen LogP contribution in [0.5, 0.6) is 11.5 Å². The first-order valence-electron chi connectivity index (χ1n) is 8.71. The van der Waals surface area contributed by atoms with Crippen LogP contribution < -0.4 is 20.1 Å². The van der Waals surface area contributed by atoms with Crippen LogP contribution in [0.2, 0.25) is 0 Å². The summed E-state index contributed by atoms with van der Waals surface area (Å²) < 4.78 is 10.8. The summed E-state index contributed by atoms with van der Waals surface area (Å²) >= 11 is 0. The van der Waals surface area contributed by atoms with Crippen molar-refractivity contribution in [3.8, 4) is 11.5 Å². The van der Waals surface area contributed by atoms with E-state index in [0.717, 1.165) is 29.6 Å². The Kier molecular flexibility index (Phi) is 6.89. The molecule has 140 valence electrons. The Morgan fingerprint density at radius 2 is 1.69 bits per heavy atom. The summed E-state index contributed by atoms with van der Waals surface area (Å²) in [6.07, 6.45) is 0. The molecular weight excluding hydrogens is 326 g/mol. The molecule has 2 aromatic rings. The Hall–Kier alpha value is -2.69. The van der Waals surface area contributed by atoms with Crippen molar-refractivity contribution in [1.29, 1.82) is 0 Å². The van der Waals surface area contributed by atoms with E-state index in [0.29, 0.717) is 6.54 Å². The lowest BCUT2D eigenvalue weighted by molar-refractivity contribution is 0.351. The van der Waals surface area contributed by atoms with E-state index < -0.39 is 0 Å². The molecule has 0 saturated heterocycles. The average molecular weight is 355 g/mol. The largest absolute Gasteiger partial charge is 0.493 e. The molecule has 2 aromatic carbocycles. The van der Waals surface area contributed by atoms with Crippen LogP contribution in [0, 0.1) is 0 Å². The highest BCUT2D eigenvalue weighted by atomic mass is 16.5. The molecule has 0 aliphatic rings. The van der Waals surface area contributed by atoms with Crippen LogP contribution in [-0.4, -0.2) is 33.8 Å². The standard InChI is InChI=1S/C21H29N3O2/c1-21(2,17-11-7-6-8-12-17)15-24-20(22-3)23-14-16-10-9-13-18(25-4)19(16)26-5/h6-13H,14-15H2,1-5H3,(H2,22,23,24). The number of aliphatic imine (C=N–C) groups is 1. The van der Waals surface area contributed by atoms with Crippen molar-refractivity contribution in [3.05, 3.63) is 59.7 Å². The first-order valence-corrected chi connectivity index (χ1v) is 8.71. The summed E-state index contributed by atoms with van der Waals surface area (Å²) in [6, 6.07) is 16.3. The minimum absolute atomic E-state index is 0.00740. The van der Waals surface area contributed by atoms with Crippen LogP contribution >= 0.6 is 0 Å². The molecule has 0 saturated carbocycles. The number of hydrogen-bond donors (Lipinski definition) is 2. The first kappa shape index (κ1) is 19.6. The van der Waals surface area contributed by atoms with E-state index in [4.69, 9.17) is 9.47 Å². The van der Waals surface area contributed by atoms with Gasteiger partial charge in [0.15, 0.2) is 17.5 Å². The topological polar surface area (TPSA) is 54.9 Å². The van der Waals surface area contributed by atoms with Crippen molar-refractivity contribution < 1.29 is 9.47 Å². The van der Waals surface area contributed by atoms with Gasteiger partial charge in [-0.1, -0.05) is 56.3 Å². The number of benzene rings is 2. The van der Waals surface area contributed by atoms with E-state index in [2.05, 4.69) is 53.7 Å². The number of nitrogens with one attached hydrogen (secondary N) is 2. The summed E-state index contributed by atoms with van der Waals surface area (Å²) in [5, 5.41) is 6.75. The highest BCUT2D eigenvalue weighted by Crippen LogP contribution is 2.30. The van der Waals surface area contributed by atoms with Crippen molar-refractivity contribution in [2.24, 2.45) is 4.99 Å². The molecule has 0 bridgehead atoms. The number of guanidine groups is 1. The highest BCUT2D eigenvalue weighted by Gasteiger charge is 2.20. The van der Waals surface area contributed by atoms with Crippen LogP contribution in [0.25, 0.3) is 0 Å². The van der Waals surface area contributed by atoms with E-state index in [-0.39, 0.29) is 5.41 Å². The summed E-state index contributed by atoms with van der Waals surface area (Å²) in [5.74, 6) is 2.21. The van der Waals surface area contributed by atoms with Gasteiger partial charge >= 0.3 is 0 Å². The summed E-state index contributed by atoms with van der Waals surface area (Å²) in [5.41, 5.74) is 2.29. The molecule has 2 N–H and O–H groups in total. The fraction of sp³-hybridized carbons (Fsp3) is 0.381. The molecule has 0 aliphatic heterocycles. The zero-order valence-corrected chi connectivity index (χ0v) is 16.3. The maximum absolute atomic E-state index is 5.48. The van der Waals surface area contributed by atoms with Gasteiger partial charge in [0.05, 0.1) is 14.2 Å². The molecule has 2 rings (SSSR count). The van der Waals surface area contributed by atoms with Crippen molar-refractivity contribution >= 4 is 5.96 Å². The molecule has 0 atom stereocenters. The fourth-order valence-corrected chi connectivity index (χ4v) is 2.79. The van der Waals surface area contributed by atoms with Gasteiger partial charge in [-0.05, 0) is 11.6 Å². The van der Waals surface area contributed by atoms with Crippen molar-refractivity contribution in [1.82, 2.24) is 10.6 Å².